The third-order valence-electron chi connectivity index (χ3n) is 18.9. The Labute approximate surface area is 456 Å². The van der Waals surface area contributed by atoms with Gasteiger partial charge in [-0.1, -0.05) is 40.9 Å². The molecule has 2 heterocycles. The van der Waals surface area contributed by atoms with E-state index >= 15 is 0 Å². The first-order valence-electron chi connectivity index (χ1n) is 27.9. The van der Waals surface area contributed by atoms with Crippen LogP contribution in [-0.4, -0.2) is 122 Å². The number of aliphatic hydroxyl groups is 1. The number of hydrogen-bond donors (Lipinski definition) is 6. The van der Waals surface area contributed by atoms with Crippen molar-refractivity contribution in [1.82, 2.24) is 25.4 Å². The van der Waals surface area contributed by atoms with Crippen LogP contribution in [0.25, 0.3) is 23.4 Å². The fourth-order valence-electron chi connectivity index (χ4n) is 14.5. The second-order valence-electron chi connectivity index (χ2n) is 24.0. The van der Waals surface area contributed by atoms with E-state index in [-0.39, 0.29) is 131 Å². The minimum Gasteiger partial charge on any atom is -0.507 e. The summed E-state index contributed by atoms with van der Waals surface area (Å²) in [7, 11) is 1.60. The van der Waals surface area contributed by atoms with E-state index in [9.17, 15) is 49.7 Å². The number of carboxylic acids is 1. The number of hydrogen-bond acceptors (Lipinski definition) is 13. The number of amides is 4. The van der Waals surface area contributed by atoms with Crippen molar-refractivity contribution in [3.05, 3.63) is 44.8 Å². The number of thiazole rings is 1. The molecule has 0 bridgehead atoms. The van der Waals surface area contributed by atoms with Crippen LogP contribution in [0.4, 0.5) is 4.79 Å². The number of carbonyl (C=O) groups excluding carboxylic acids is 4. The van der Waals surface area contributed by atoms with Gasteiger partial charge in [0.2, 0.25) is 17.7 Å². The molecule has 4 amide bonds. The highest BCUT2D eigenvalue weighted by molar-refractivity contribution is 7.19. The molecule has 2 aromatic carbocycles. The number of rotatable bonds is 22. The minimum absolute atomic E-state index is 0.0522. The molecule has 1 aromatic heterocycles. The lowest BCUT2D eigenvalue weighted by atomic mass is 9.46. The van der Waals surface area contributed by atoms with Gasteiger partial charge in [-0.25, -0.2) is 14.6 Å². The smallest absolute Gasteiger partial charge is 0.415 e. The standard InChI is InChI=1S/C59H80N6O11S/c1-33(41-18-19-42-40-17-15-37-28-38(66)22-23-58(37,7)43(40)30-47-59(41,42)76-47)14-21-49(68)62-45(55(72)73)12-9-10-24-61-48(67)13-11-25-65(56(74)75-39-16-20-44-46(29-39)77-50(32-60)63-44)27-26-64(8)51(69)31-57(5,6)52-36(4)53(70)34(2)35(3)54(52)71/h16,20,29,33,37-38,40-43,45,47,66,70-71H,3-4,9-15,17-19,21-28,30-31H2,1-2,5-8H3,(H,61,67)(H,62,68)(H,72,73). The maximum atomic E-state index is 13.7. The quantitative estimate of drug-likeness (QED) is 0.0333. The molecule has 1 spiro atoms. The molecule has 17 nitrogen and oxygen atoms in total. The van der Waals surface area contributed by atoms with E-state index in [0.717, 1.165) is 49.9 Å². The Kier molecular flexibility index (Phi) is 17.4. The molecule has 11 atom stereocenters. The summed E-state index contributed by atoms with van der Waals surface area (Å²) in [5.41, 5.74) is 0.544. The molecule has 418 valence electrons. The Hall–Kier alpha value is -5.77. The number of epoxide rings is 1. The molecule has 4 saturated carbocycles. The largest absolute Gasteiger partial charge is 0.507 e. The number of carboxylic acid groups (broad SMARTS) is 1. The first kappa shape index (κ1) is 57.4. The second kappa shape index (κ2) is 23.3. The molecule has 5 fully saturated rings. The summed E-state index contributed by atoms with van der Waals surface area (Å²) >= 11 is 1.16. The fourth-order valence-corrected chi connectivity index (χ4v) is 15.3. The van der Waals surface area contributed by atoms with Crippen LogP contribution >= 0.6 is 11.3 Å². The Bertz CT molecular complexity index is 2890. The van der Waals surface area contributed by atoms with Gasteiger partial charge in [-0.05, 0) is 143 Å². The first-order valence-corrected chi connectivity index (χ1v) is 28.7. The van der Waals surface area contributed by atoms with Gasteiger partial charge in [-0.15, -0.1) is 11.3 Å². The Morgan fingerprint density at radius 2 is 1.74 bits per heavy atom. The molecule has 11 unspecified atom stereocenters. The molecule has 4 aliphatic carbocycles. The summed E-state index contributed by atoms with van der Waals surface area (Å²) in [6, 6.07) is 5.82. The van der Waals surface area contributed by atoms with Gasteiger partial charge in [0.05, 0.1) is 22.4 Å². The van der Waals surface area contributed by atoms with Crippen LogP contribution in [0, 0.1) is 59.2 Å². The van der Waals surface area contributed by atoms with Crippen LogP contribution in [0.3, 0.4) is 0 Å². The van der Waals surface area contributed by atoms with Gasteiger partial charge in [-0.2, -0.15) is 5.26 Å². The monoisotopic (exact) mass is 1080 g/mol. The number of aliphatic carboxylic acids is 1. The number of carbonyl (C=O) groups is 5. The van der Waals surface area contributed by atoms with Gasteiger partial charge in [0.1, 0.15) is 35.0 Å². The third-order valence-corrected chi connectivity index (χ3v) is 19.8. The van der Waals surface area contributed by atoms with Gasteiger partial charge in [0.25, 0.3) is 0 Å². The summed E-state index contributed by atoms with van der Waals surface area (Å²) in [6.45, 7) is 18.3. The molecule has 3 aromatic rings. The predicted octanol–water partition coefficient (Wildman–Crippen LogP) is 7.15. The number of fused-ring (bicyclic) bond motifs is 5. The Morgan fingerprint density at radius 3 is 2.48 bits per heavy atom. The van der Waals surface area contributed by atoms with Crippen LogP contribution in [0.15, 0.2) is 18.2 Å². The highest BCUT2D eigenvalue weighted by Crippen LogP contribution is 2.72. The topological polar surface area (TPSA) is 255 Å². The molecular formula is C59H80N6O11S. The lowest BCUT2D eigenvalue weighted by Gasteiger charge is -2.58. The van der Waals surface area contributed by atoms with E-state index < -0.39 is 23.5 Å². The van der Waals surface area contributed by atoms with Crippen molar-refractivity contribution in [2.75, 3.05) is 33.2 Å². The van der Waals surface area contributed by atoms with Crippen molar-refractivity contribution < 1.29 is 53.9 Å². The Morgan fingerprint density at radius 1 is 0.974 bits per heavy atom. The average Bonchev–Trinajstić information content (AvgIpc) is 3.89. The summed E-state index contributed by atoms with van der Waals surface area (Å²) < 4.78 is 13.2. The highest BCUT2D eigenvalue weighted by Gasteiger charge is 2.75. The first-order chi connectivity index (χ1) is 36.5. The number of phenolic OH excluding ortho intramolecular Hbond substituents is 2. The van der Waals surface area contributed by atoms with E-state index in [2.05, 4.69) is 42.6 Å². The van der Waals surface area contributed by atoms with E-state index in [1.165, 1.54) is 22.6 Å². The zero-order chi connectivity index (χ0) is 55.7. The van der Waals surface area contributed by atoms with Crippen molar-refractivity contribution in [2.24, 2.45) is 40.9 Å². The van der Waals surface area contributed by atoms with Crippen LogP contribution in [0.5, 0.6) is 17.2 Å². The number of aliphatic hydroxyl groups excluding tert-OH is 1. The lowest BCUT2D eigenvalue weighted by Crippen LogP contribution is -2.54. The fraction of sp³-hybridized carbons (Fsp3) is 0.644. The number of nitrogens with one attached hydrogen (secondary N) is 2. The Balaban J connectivity index is 0.772. The zero-order valence-electron chi connectivity index (χ0n) is 45.8. The van der Waals surface area contributed by atoms with E-state index in [1.807, 2.05) is 6.07 Å². The number of nitriles is 1. The van der Waals surface area contributed by atoms with Crippen molar-refractivity contribution in [3.63, 3.8) is 0 Å². The predicted molar refractivity (Wildman–Crippen MR) is 292 cm³/mol. The number of nitrogens with zero attached hydrogens (tertiary/aromatic N) is 4. The van der Waals surface area contributed by atoms with Gasteiger partial charge < -0.3 is 50.3 Å². The van der Waals surface area contributed by atoms with Crippen LogP contribution in [0.2, 0.25) is 0 Å². The lowest BCUT2D eigenvalue weighted by molar-refractivity contribution is -0.142. The minimum atomic E-state index is -1.10. The van der Waals surface area contributed by atoms with Crippen molar-refractivity contribution in [3.8, 4) is 23.3 Å². The van der Waals surface area contributed by atoms with Gasteiger partial charge in [-0.3, -0.25) is 14.4 Å². The van der Waals surface area contributed by atoms with Crippen LogP contribution in [0.1, 0.15) is 147 Å². The number of aromatic nitrogens is 1. The number of benzene rings is 2. The highest BCUT2D eigenvalue weighted by atomic mass is 32.1. The second-order valence-corrected chi connectivity index (χ2v) is 25.1. The molecule has 77 heavy (non-hydrogen) atoms. The molecule has 1 aliphatic heterocycles. The normalized spacial score (nSPS) is 26.9. The molecule has 0 radical (unpaired) electrons. The summed E-state index contributed by atoms with van der Waals surface area (Å²) in [6.07, 6.45) is 10.5. The number of phenols is 2. The van der Waals surface area contributed by atoms with Crippen molar-refractivity contribution in [2.45, 2.75) is 167 Å². The summed E-state index contributed by atoms with van der Waals surface area (Å²) in [5.74, 6) is 1.18. The van der Waals surface area contributed by atoms with E-state index in [0.29, 0.717) is 76.7 Å². The van der Waals surface area contributed by atoms with Crippen molar-refractivity contribution >= 4 is 64.5 Å². The van der Waals surface area contributed by atoms with Crippen LogP contribution < -0.4 is 25.8 Å². The van der Waals surface area contributed by atoms with Gasteiger partial charge in [0.15, 0.2) is 5.01 Å². The molecule has 18 heteroatoms. The van der Waals surface area contributed by atoms with E-state index in [1.54, 1.807) is 46.0 Å². The SMILES string of the molecule is C=c1c(C)c(O)c(=C)c(C(C)(C)CC(=O)N(C)CCN(CCCC(=O)NCCCCC(NC(=O)CCC(C)C2CCC3C4CCC5CC(O)CCC5(C)C4CC4OC423)C(=O)O)C(=O)Oc2ccc3nc(C#N)sc3c2)c1O. The summed E-state index contributed by atoms with van der Waals surface area (Å²) in [5, 5.41) is 57.8. The number of unbranched alkanes of at least 4 members (excludes halogenated alkanes) is 1. The average molecular weight is 1080 g/mol. The third kappa shape index (κ3) is 12.0. The molecule has 8 rings (SSSR count). The number of likely N-dealkylation sites (N-methyl/N-ethyl adjacent to an activating group) is 1. The number of aromatic hydroxyl groups is 2. The molecule has 1 saturated heterocycles. The van der Waals surface area contributed by atoms with Crippen LogP contribution in [-0.2, 0) is 29.3 Å². The molecule has 6 N–H and O–H groups in total. The molecule has 5 aliphatic rings. The number of ether oxygens (including phenoxy) is 2. The van der Waals surface area contributed by atoms with Crippen molar-refractivity contribution in [1.29, 1.82) is 5.26 Å². The molecular weight excluding hydrogens is 1000 g/mol. The summed E-state index contributed by atoms with van der Waals surface area (Å²) in [4.78, 5) is 73.0. The van der Waals surface area contributed by atoms with Gasteiger partial charge in [0, 0.05) is 85.5 Å². The maximum absolute atomic E-state index is 13.7. The van der Waals surface area contributed by atoms with E-state index in [4.69, 9.17) is 9.47 Å². The zero-order valence-corrected chi connectivity index (χ0v) is 46.6. The maximum Gasteiger partial charge on any atom is 0.415 e. The van der Waals surface area contributed by atoms with Gasteiger partial charge >= 0.3 is 12.1 Å².